The number of hydrogen-bond donors (Lipinski definition) is 3. The highest BCUT2D eigenvalue weighted by Crippen LogP contribution is 2.33. The van der Waals surface area contributed by atoms with Gasteiger partial charge in [-0.15, -0.1) is 0 Å². The Morgan fingerprint density at radius 3 is 2.89 bits per heavy atom. The second-order valence-electron chi connectivity index (χ2n) is 4.59. The summed E-state index contributed by atoms with van der Waals surface area (Å²) in [6, 6.07) is 2.77. The van der Waals surface area contributed by atoms with Crippen molar-refractivity contribution in [3.63, 3.8) is 0 Å². The van der Waals surface area contributed by atoms with Crippen LogP contribution in [0.25, 0.3) is 0 Å². The quantitative estimate of drug-likeness (QED) is 0.679. The van der Waals surface area contributed by atoms with E-state index in [9.17, 15) is 9.50 Å². The molecular weight excluding hydrogens is 235 g/mol. The van der Waals surface area contributed by atoms with Gasteiger partial charge in [-0.2, -0.15) is 0 Å². The van der Waals surface area contributed by atoms with Gasteiger partial charge in [-0.05, 0) is 25.7 Å². The van der Waals surface area contributed by atoms with Gasteiger partial charge in [0, 0.05) is 18.7 Å². The lowest BCUT2D eigenvalue weighted by molar-refractivity contribution is 0.164. The molecule has 1 unspecified atom stereocenters. The number of aliphatic hydroxyl groups is 1. The molecule has 5 heteroatoms. The Kier molecular flexibility index (Phi) is 3.91. The summed E-state index contributed by atoms with van der Waals surface area (Å²) in [6.07, 6.45) is 1.78. The molecule has 1 atom stereocenters. The number of hydrogen-bond acceptors (Lipinski definition) is 4. The van der Waals surface area contributed by atoms with Crippen LogP contribution in [-0.4, -0.2) is 24.4 Å². The van der Waals surface area contributed by atoms with Crippen molar-refractivity contribution >= 4 is 11.4 Å². The van der Waals surface area contributed by atoms with Gasteiger partial charge in [0.1, 0.15) is 0 Å². The van der Waals surface area contributed by atoms with E-state index in [1.165, 1.54) is 12.1 Å². The van der Waals surface area contributed by atoms with Crippen LogP contribution in [0.4, 0.5) is 15.8 Å². The summed E-state index contributed by atoms with van der Waals surface area (Å²) < 4.78 is 18.6. The minimum Gasteiger partial charge on any atom is -0.491 e. The van der Waals surface area contributed by atoms with Gasteiger partial charge in [0.2, 0.25) is 0 Å². The Labute approximate surface area is 106 Å². The van der Waals surface area contributed by atoms with Crippen molar-refractivity contribution in [3.05, 3.63) is 17.9 Å². The molecule has 0 radical (unpaired) electrons. The Morgan fingerprint density at radius 1 is 1.56 bits per heavy atom. The summed E-state index contributed by atoms with van der Waals surface area (Å²) in [6.45, 7) is 2.61. The lowest BCUT2D eigenvalue weighted by Crippen LogP contribution is -2.21. The van der Waals surface area contributed by atoms with E-state index in [-0.39, 0.29) is 11.9 Å². The molecule has 0 aliphatic heterocycles. The van der Waals surface area contributed by atoms with Crippen LogP contribution in [0, 0.1) is 11.7 Å². The lowest BCUT2D eigenvalue weighted by atomic mass is 10.2. The summed E-state index contributed by atoms with van der Waals surface area (Å²) >= 11 is 0. The van der Waals surface area contributed by atoms with Crippen molar-refractivity contribution in [3.8, 4) is 5.75 Å². The van der Waals surface area contributed by atoms with Gasteiger partial charge in [0.25, 0.3) is 0 Å². The maximum Gasteiger partial charge on any atom is 0.167 e. The first-order valence-electron chi connectivity index (χ1n) is 6.25. The third-order valence-electron chi connectivity index (χ3n) is 3.07. The van der Waals surface area contributed by atoms with Crippen LogP contribution in [0.2, 0.25) is 0 Å². The molecule has 4 N–H and O–H groups in total. The maximum absolute atomic E-state index is 13.5. The maximum atomic E-state index is 13.5. The van der Waals surface area contributed by atoms with Gasteiger partial charge in [0.15, 0.2) is 11.6 Å². The van der Waals surface area contributed by atoms with Crippen molar-refractivity contribution in [1.29, 1.82) is 0 Å². The third-order valence-corrected chi connectivity index (χ3v) is 3.07. The average molecular weight is 254 g/mol. The molecule has 0 aromatic heterocycles. The van der Waals surface area contributed by atoms with Gasteiger partial charge in [-0.1, -0.05) is 0 Å². The van der Waals surface area contributed by atoms with Crippen LogP contribution in [-0.2, 0) is 0 Å². The minimum atomic E-state index is -0.470. The summed E-state index contributed by atoms with van der Waals surface area (Å²) in [5, 5.41) is 12.8. The molecule has 0 spiro atoms. The van der Waals surface area contributed by atoms with Crippen LogP contribution < -0.4 is 15.8 Å². The molecule has 100 valence electrons. The molecule has 1 aromatic rings. The molecule has 0 bridgehead atoms. The molecule has 2 rings (SSSR count). The van der Waals surface area contributed by atoms with Gasteiger partial charge < -0.3 is 20.9 Å². The molecule has 4 nitrogen and oxygen atoms in total. The van der Waals surface area contributed by atoms with E-state index in [1.807, 2.05) is 0 Å². The number of aliphatic hydroxyl groups excluding tert-OH is 1. The molecule has 0 saturated heterocycles. The molecular formula is C13H19FN2O2. The van der Waals surface area contributed by atoms with Crippen LogP contribution >= 0.6 is 0 Å². The van der Waals surface area contributed by atoms with Gasteiger partial charge in [-0.25, -0.2) is 4.39 Å². The highest BCUT2D eigenvalue weighted by Gasteiger charge is 2.29. The summed E-state index contributed by atoms with van der Waals surface area (Å²) in [5.41, 5.74) is 6.64. The highest BCUT2D eigenvalue weighted by atomic mass is 19.1. The summed E-state index contributed by atoms with van der Waals surface area (Å²) in [7, 11) is 0. The number of nitrogens with two attached hydrogens (primary N) is 1. The Balaban J connectivity index is 2.03. The topological polar surface area (TPSA) is 67.5 Å². The van der Waals surface area contributed by atoms with Crippen molar-refractivity contribution < 1.29 is 14.2 Å². The number of benzene rings is 1. The molecule has 1 aliphatic rings. The van der Waals surface area contributed by atoms with Crippen molar-refractivity contribution in [2.75, 3.05) is 24.2 Å². The number of anilines is 2. The molecule has 1 aromatic carbocycles. The van der Waals surface area contributed by atoms with E-state index in [2.05, 4.69) is 5.32 Å². The molecule has 1 saturated carbocycles. The monoisotopic (exact) mass is 254 g/mol. The predicted molar refractivity (Wildman–Crippen MR) is 69.2 cm³/mol. The first-order chi connectivity index (χ1) is 8.61. The molecule has 0 heterocycles. The second kappa shape index (κ2) is 5.44. The Hall–Kier alpha value is -1.49. The number of ether oxygens (including phenoxy) is 1. The SMILES string of the molecule is CCOc1cc(NCC(O)C2CC2)c(N)cc1F. The zero-order chi connectivity index (χ0) is 13.1. The fourth-order valence-electron chi connectivity index (χ4n) is 1.85. The van der Waals surface area contributed by atoms with E-state index in [0.717, 1.165) is 12.8 Å². The van der Waals surface area contributed by atoms with E-state index in [0.29, 0.717) is 30.4 Å². The van der Waals surface area contributed by atoms with Crippen molar-refractivity contribution in [2.24, 2.45) is 5.92 Å². The second-order valence-corrected chi connectivity index (χ2v) is 4.59. The third kappa shape index (κ3) is 3.04. The Morgan fingerprint density at radius 2 is 2.28 bits per heavy atom. The minimum absolute atomic E-state index is 0.176. The van der Waals surface area contributed by atoms with E-state index >= 15 is 0 Å². The Bertz CT molecular complexity index is 422. The summed E-state index contributed by atoms with van der Waals surface area (Å²) in [4.78, 5) is 0. The average Bonchev–Trinajstić information content (AvgIpc) is 3.15. The van der Waals surface area contributed by atoms with Gasteiger partial charge in [0.05, 0.1) is 24.1 Å². The highest BCUT2D eigenvalue weighted by molar-refractivity contribution is 5.68. The fraction of sp³-hybridized carbons (Fsp3) is 0.538. The normalized spacial score (nSPS) is 16.4. The smallest absolute Gasteiger partial charge is 0.167 e. The molecule has 18 heavy (non-hydrogen) atoms. The molecule has 1 fully saturated rings. The molecule has 1 aliphatic carbocycles. The van der Waals surface area contributed by atoms with Crippen molar-refractivity contribution in [1.82, 2.24) is 0 Å². The van der Waals surface area contributed by atoms with Crippen LogP contribution in [0.5, 0.6) is 5.75 Å². The lowest BCUT2D eigenvalue weighted by Gasteiger charge is -2.15. The van der Waals surface area contributed by atoms with Crippen molar-refractivity contribution in [2.45, 2.75) is 25.9 Å². The number of nitrogen functional groups attached to an aromatic ring is 1. The molecule has 0 amide bonds. The standard InChI is InChI=1S/C13H19FN2O2/c1-2-18-13-6-11(10(15)5-9(13)14)16-7-12(17)8-3-4-8/h5-6,8,12,16-17H,2-4,7,15H2,1H3. The van der Waals surface area contributed by atoms with Gasteiger partial charge >= 0.3 is 0 Å². The predicted octanol–water partition coefficient (Wildman–Crippen LogP) is 1.99. The van der Waals surface area contributed by atoms with Crippen LogP contribution in [0.15, 0.2) is 12.1 Å². The first-order valence-corrected chi connectivity index (χ1v) is 6.25. The number of rotatable bonds is 6. The van der Waals surface area contributed by atoms with Gasteiger partial charge in [-0.3, -0.25) is 0 Å². The van der Waals surface area contributed by atoms with Crippen LogP contribution in [0.3, 0.4) is 0 Å². The summed E-state index contributed by atoms with van der Waals surface area (Å²) in [5.74, 6) is 0.100. The van der Waals surface area contributed by atoms with Crippen LogP contribution in [0.1, 0.15) is 19.8 Å². The first kappa shape index (κ1) is 13.0. The zero-order valence-electron chi connectivity index (χ0n) is 10.4. The largest absolute Gasteiger partial charge is 0.491 e. The number of nitrogens with one attached hydrogen (secondary N) is 1. The zero-order valence-corrected chi connectivity index (χ0v) is 10.4. The van der Waals surface area contributed by atoms with E-state index < -0.39 is 5.82 Å². The van der Waals surface area contributed by atoms with E-state index in [1.54, 1.807) is 6.92 Å². The fourth-order valence-corrected chi connectivity index (χ4v) is 1.85. The van der Waals surface area contributed by atoms with E-state index in [4.69, 9.17) is 10.5 Å². The number of halogens is 1.